The number of nitrogens with zero attached hydrogens (tertiary/aromatic N) is 2. The van der Waals surface area contributed by atoms with Crippen LogP contribution in [0.5, 0.6) is 0 Å². The van der Waals surface area contributed by atoms with E-state index in [2.05, 4.69) is 53.5 Å². The van der Waals surface area contributed by atoms with Crippen molar-refractivity contribution in [3.63, 3.8) is 0 Å². The summed E-state index contributed by atoms with van der Waals surface area (Å²) >= 11 is 4.88. The monoisotopic (exact) mass is 543 g/mol. The fourth-order valence-electron chi connectivity index (χ4n) is 4.59. The van der Waals surface area contributed by atoms with Crippen molar-refractivity contribution < 1.29 is 9.18 Å². The van der Waals surface area contributed by atoms with Gasteiger partial charge in [-0.1, -0.05) is 72.4 Å². The van der Waals surface area contributed by atoms with Crippen molar-refractivity contribution in [3.8, 4) is 0 Å². The average molecular weight is 544 g/mol. The van der Waals surface area contributed by atoms with Gasteiger partial charge < -0.3 is 5.73 Å². The van der Waals surface area contributed by atoms with Gasteiger partial charge in [0.2, 0.25) is 0 Å². The molecule has 3 aromatic carbocycles. The van der Waals surface area contributed by atoms with E-state index in [1.807, 2.05) is 23.9 Å². The zero-order chi connectivity index (χ0) is 25.4. The maximum atomic E-state index is 13.2. The predicted molar refractivity (Wildman–Crippen MR) is 152 cm³/mol. The SMILES string of the molecule is Nc1nc(SCC(=O)c2ccc(F)cc2)nc2sc3c(c12)C[C@@H](c1ccccc1)S[C@@H]3c1ccccc1. The molecule has 0 bridgehead atoms. The van der Waals surface area contributed by atoms with Crippen LogP contribution < -0.4 is 5.73 Å². The number of fused-ring (bicyclic) bond motifs is 3. The summed E-state index contributed by atoms with van der Waals surface area (Å²) in [6.45, 7) is 0. The van der Waals surface area contributed by atoms with Crippen LogP contribution in [-0.2, 0) is 6.42 Å². The largest absolute Gasteiger partial charge is 0.383 e. The third-order valence-corrected chi connectivity index (χ3v) is 10.1. The smallest absolute Gasteiger partial charge is 0.191 e. The fraction of sp³-hybridized carbons (Fsp3) is 0.138. The van der Waals surface area contributed by atoms with Crippen molar-refractivity contribution in [2.45, 2.75) is 22.1 Å². The van der Waals surface area contributed by atoms with E-state index in [4.69, 9.17) is 10.7 Å². The van der Waals surface area contributed by atoms with E-state index in [-0.39, 0.29) is 22.6 Å². The molecule has 0 fully saturated rings. The highest BCUT2D eigenvalue weighted by Crippen LogP contribution is 2.55. The maximum absolute atomic E-state index is 13.2. The maximum Gasteiger partial charge on any atom is 0.191 e. The first kappa shape index (κ1) is 24.2. The Kier molecular flexibility index (Phi) is 6.71. The van der Waals surface area contributed by atoms with Crippen LogP contribution >= 0.6 is 34.9 Å². The number of thioether (sulfide) groups is 2. The Balaban J connectivity index is 1.35. The molecule has 0 spiro atoms. The molecule has 0 aliphatic carbocycles. The van der Waals surface area contributed by atoms with Crippen LogP contribution in [0.15, 0.2) is 90.1 Å². The molecule has 37 heavy (non-hydrogen) atoms. The lowest BCUT2D eigenvalue weighted by atomic mass is 9.98. The Morgan fingerprint density at radius 1 is 0.946 bits per heavy atom. The number of rotatable bonds is 6. The van der Waals surface area contributed by atoms with Crippen LogP contribution in [0.2, 0.25) is 0 Å². The van der Waals surface area contributed by atoms with E-state index in [1.165, 1.54) is 57.6 Å². The van der Waals surface area contributed by atoms with E-state index >= 15 is 0 Å². The van der Waals surface area contributed by atoms with Gasteiger partial charge in [0.15, 0.2) is 10.9 Å². The lowest BCUT2D eigenvalue weighted by Gasteiger charge is -2.30. The van der Waals surface area contributed by atoms with Gasteiger partial charge in [0.25, 0.3) is 0 Å². The van der Waals surface area contributed by atoms with Gasteiger partial charge in [-0.2, -0.15) is 0 Å². The highest BCUT2D eigenvalue weighted by atomic mass is 32.2. The van der Waals surface area contributed by atoms with Crippen LogP contribution in [0.4, 0.5) is 10.2 Å². The molecule has 0 radical (unpaired) electrons. The summed E-state index contributed by atoms with van der Waals surface area (Å²) in [5.74, 6) is 0.128. The summed E-state index contributed by atoms with van der Waals surface area (Å²) in [4.78, 5) is 24.1. The van der Waals surface area contributed by atoms with Crippen molar-refractivity contribution in [1.82, 2.24) is 9.97 Å². The van der Waals surface area contributed by atoms with Crippen LogP contribution in [0.3, 0.4) is 0 Å². The molecule has 6 rings (SSSR count). The molecule has 1 aliphatic heterocycles. The normalized spacial score (nSPS) is 17.0. The number of carbonyl (C=O) groups is 1. The minimum atomic E-state index is -0.367. The van der Waals surface area contributed by atoms with Crippen molar-refractivity contribution >= 4 is 56.7 Å². The summed E-state index contributed by atoms with van der Waals surface area (Å²) < 4.78 is 13.2. The number of carbonyl (C=O) groups excluding carboxylic acids is 1. The highest BCUT2D eigenvalue weighted by Gasteiger charge is 2.34. The summed E-state index contributed by atoms with van der Waals surface area (Å²) in [6.07, 6.45) is 0.858. The van der Waals surface area contributed by atoms with Gasteiger partial charge in [0, 0.05) is 15.7 Å². The van der Waals surface area contributed by atoms with Gasteiger partial charge in [-0.15, -0.1) is 23.1 Å². The van der Waals surface area contributed by atoms with Gasteiger partial charge in [-0.05, 0) is 47.4 Å². The minimum Gasteiger partial charge on any atom is -0.383 e. The molecule has 0 unspecified atom stereocenters. The molecule has 3 heterocycles. The lowest BCUT2D eigenvalue weighted by molar-refractivity contribution is 0.102. The molecule has 2 atom stereocenters. The molecule has 2 N–H and O–H groups in total. The van der Waals surface area contributed by atoms with Gasteiger partial charge in [-0.25, -0.2) is 14.4 Å². The topological polar surface area (TPSA) is 68.9 Å². The fourth-order valence-corrected chi connectivity index (χ4v) is 8.41. The molecule has 0 amide bonds. The first-order valence-electron chi connectivity index (χ1n) is 11.8. The average Bonchev–Trinajstić information content (AvgIpc) is 3.31. The minimum absolute atomic E-state index is 0.107. The standard InChI is InChI=1S/C29H22FN3OS3/c30-20-13-11-17(12-14-20)22(34)16-35-29-32-27(31)24-21-15-23(18-7-3-1-4-8-18)36-25(19-9-5-2-6-10-19)26(21)37-28(24)33-29/h1-14,23,25H,15-16H2,(H2,31,32,33)/t23-,25+/m0/s1. The zero-order valence-electron chi connectivity index (χ0n) is 19.6. The zero-order valence-corrected chi connectivity index (χ0v) is 22.1. The number of thiophene rings is 1. The Morgan fingerprint density at radius 3 is 2.32 bits per heavy atom. The number of hydrogen-bond donors (Lipinski definition) is 1. The third-order valence-electron chi connectivity index (χ3n) is 6.39. The van der Waals surface area contributed by atoms with Gasteiger partial charge in [-0.3, -0.25) is 4.79 Å². The summed E-state index contributed by atoms with van der Waals surface area (Å²) in [5, 5.41) is 1.86. The van der Waals surface area contributed by atoms with Crippen molar-refractivity contribution in [2.24, 2.45) is 0 Å². The Bertz CT molecular complexity index is 1570. The summed E-state index contributed by atoms with van der Waals surface area (Å²) in [6, 6.07) is 26.7. The molecule has 184 valence electrons. The highest BCUT2D eigenvalue weighted by molar-refractivity contribution is 8.00. The second-order valence-corrected chi connectivity index (χ2v) is 12.1. The number of Topliss-reactive ketones (excluding diaryl/α,β-unsaturated/α-hetero) is 1. The van der Waals surface area contributed by atoms with Gasteiger partial charge >= 0.3 is 0 Å². The second-order valence-electron chi connectivity index (χ2n) is 8.77. The Morgan fingerprint density at radius 2 is 1.62 bits per heavy atom. The number of anilines is 1. The van der Waals surface area contributed by atoms with E-state index in [0.29, 0.717) is 21.8 Å². The molecule has 0 saturated heterocycles. The number of hydrogen-bond acceptors (Lipinski definition) is 7. The lowest BCUT2D eigenvalue weighted by Crippen LogP contribution is -2.12. The molecule has 0 saturated carbocycles. The quantitative estimate of drug-likeness (QED) is 0.136. The number of nitrogen functional groups attached to an aromatic ring is 1. The summed E-state index contributed by atoms with van der Waals surface area (Å²) in [7, 11) is 0. The van der Waals surface area contributed by atoms with E-state index in [1.54, 1.807) is 11.3 Å². The van der Waals surface area contributed by atoms with Crippen LogP contribution in [-0.4, -0.2) is 21.5 Å². The first-order chi connectivity index (χ1) is 18.1. The molecule has 5 aromatic rings. The predicted octanol–water partition coefficient (Wildman–Crippen LogP) is 7.51. The molecule has 8 heteroatoms. The number of nitrogens with two attached hydrogens (primary N) is 1. The van der Waals surface area contributed by atoms with E-state index in [9.17, 15) is 9.18 Å². The Labute approximate surface area is 226 Å². The number of halogens is 1. The molecule has 2 aromatic heterocycles. The third kappa shape index (κ3) is 4.89. The summed E-state index contributed by atoms with van der Waals surface area (Å²) in [5.41, 5.74) is 10.8. The Hall–Kier alpha value is -3.20. The number of benzene rings is 3. The van der Waals surface area contributed by atoms with E-state index < -0.39 is 0 Å². The van der Waals surface area contributed by atoms with Gasteiger partial charge in [0.05, 0.1) is 16.4 Å². The molecule has 1 aliphatic rings. The number of aromatic nitrogens is 2. The second kappa shape index (κ2) is 10.3. The van der Waals surface area contributed by atoms with Crippen LogP contribution in [0.1, 0.15) is 42.4 Å². The van der Waals surface area contributed by atoms with Crippen molar-refractivity contribution in [1.29, 1.82) is 0 Å². The van der Waals surface area contributed by atoms with Gasteiger partial charge in [0.1, 0.15) is 16.5 Å². The molecular weight excluding hydrogens is 522 g/mol. The van der Waals surface area contributed by atoms with Crippen LogP contribution in [0, 0.1) is 5.82 Å². The van der Waals surface area contributed by atoms with Crippen LogP contribution in [0.25, 0.3) is 10.2 Å². The van der Waals surface area contributed by atoms with Crippen molar-refractivity contribution in [3.05, 3.63) is 118 Å². The molecule has 4 nitrogen and oxygen atoms in total. The number of ketones is 1. The first-order valence-corrected chi connectivity index (χ1v) is 14.6. The van der Waals surface area contributed by atoms with E-state index in [0.717, 1.165) is 16.6 Å². The van der Waals surface area contributed by atoms with Crippen molar-refractivity contribution in [2.75, 3.05) is 11.5 Å². The molecular formula is C29H22FN3OS3.